The Bertz CT molecular complexity index is 1470. The molecular formula is C81H164N2O6P+. The lowest BCUT2D eigenvalue weighted by Gasteiger charge is -2.26. The van der Waals surface area contributed by atoms with Crippen LogP contribution in [0.2, 0.25) is 0 Å². The zero-order chi connectivity index (χ0) is 65.5. The van der Waals surface area contributed by atoms with Crippen LogP contribution < -0.4 is 5.32 Å². The smallest absolute Gasteiger partial charge is 0.391 e. The molecule has 3 unspecified atom stereocenters. The van der Waals surface area contributed by atoms with E-state index in [2.05, 4.69) is 31.3 Å². The van der Waals surface area contributed by atoms with Gasteiger partial charge in [-0.1, -0.05) is 418 Å². The molecular weight excluding hydrogens is 1130 g/mol. The van der Waals surface area contributed by atoms with Gasteiger partial charge in [-0.25, -0.2) is 4.57 Å². The molecule has 0 fully saturated rings. The van der Waals surface area contributed by atoms with Gasteiger partial charge in [0.05, 0.1) is 39.9 Å². The number of nitrogens with zero attached hydrogens (tertiary/aromatic N) is 1. The van der Waals surface area contributed by atoms with Crippen LogP contribution in [0.5, 0.6) is 0 Å². The summed E-state index contributed by atoms with van der Waals surface area (Å²) in [5.74, 6) is -0.132. The number of rotatable bonds is 78. The first-order valence-electron chi connectivity index (χ1n) is 41.1. The molecule has 538 valence electrons. The number of phosphoric ester groups is 1. The van der Waals surface area contributed by atoms with E-state index in [-0.39, 0.29) is 19.1 Å². The van der Waals surface area contributed by atoms with E-state index in [4.69, 9.17) is 9.05 Å². The fraction of sp³-hybridized carbons (Fsp3) is 0.963. The molecule has 0 aliphatic heterocycles. The monoisotopic (exact) mass is 1290 g/mol. The Labute approximate surface area is 564 Å². The lowest BCUT2D eigenvalue weighted by atomic mass is 10.0. The normalized spacial score (nSPS) is 13.5. The van der Waals surface area contributed by atoms with Crippen molar-refractivity contribution in [2.24, 2.45) is 0 Å². The van der Waals surface area contributed by atoms with Gasteiger partial charge in [-0.05, 0) is 38.5 Å². The predicted molar refractivity (Wildman–Crippen MR) is 397 cm³/mol. The first-order valence-corrected chi connectivity index (χ1v) is 42.5. The zero-order valence-electron chi connectivity index (χ0n) is 61.9. The van der Waals surface area contributed by atoms with Crippen LogP contribution in [0.25, 0.3) is 0 Å². The van der Waals surface area contributed by atoms with Gasteiger partial charge in [0, 0.05) is 6.42 Å². The highest BCUT2D eigenvalue weighted by Gasteiger charge is 2.28. The molecule has 0 saturated heterocycles. The predicted octanol–water partition coefficient (Wildman–Crippen LogP) is 26.8. The molecule has 0 heterocycles. The quantitative estimate of drug-likeness (QED) is 0.0243. The van der Waals surface area contributed by atoms with Crippen LogP contribution in [0, 0.1) is 0 Å². The molecule has 8 nitrogen and oxygen atoms in total. The maximum absolute atomic E-state index is 13.1. The van der Waals surface area contributed by atoms with Crippen LogP contribution in [-0.2, 0) is 18.4 Å². The molecule has 0 aromatic carbocycles. The van der Waals surface area contributed by atoms with Gasteiger partial charge in [-0.15, -0.1) is 0 Å². The maximum Gasteiger partial charge on any atom is 0.472 e. The van der Waals surface area contributed by atoms with Gasteiger partial charge < -0.3 is 19.8 Å². The molecule has 0 aromatic rings. The number of hydrogen-bond acceptors (Lipinski definition) is 5. The van der Waals surface area contributed by atoms with Gasteiger partial charge in [-0.3, -0.25) is 13.8 Å². The third-order valence-electron chi connectivity index (χ3n) is 19.5. The SMILES string of the molecule is CCCCCCCCCC/C=C\CCCCCCCCCCCCCCCCCCCCCCCCCCCCCC(=O)NC(COP(=O)(O)OCC[N+](C)(C)C)C(O)CCCCCCCCCCCCCCCCCCCCCCCCCCCCCCC. The Morgan fingerprint density at radius 1 is 0.367 bits per heavy atom. The Balaban J connectivity index is 3.87. The van der Waals surface area contributed by atoms with Crippen molar-refractivity contribution >= 4 is 13.7 Å². The summed E-state index contributed by atoms with van der Waals surface area (Å²) in [6.07, 6.45) is 95.2. The zero-order valence-corrected chi connectivity index (χ0v) is 62.8. The van der Waals surface area contributed by atoms with Gasteiger partial charge in [0.2, 0.25) is 5.91 Å². The lowest BCUT2D eigenvalue weighted by molar-refractivity contribution is -0.870. The number of allylic oxidation sites excluding steroid dienone is 2. The average molecular weight is 1290 g/mol. The van der Waals surface area contributed by atoms with Crippen LogP contribution in [0.1, 0.15) is 450 Å². The molecule has 0 aromatic heterocycles. The number of aliphatic hydroxyl groups is 1. The summed E-state index contributed by atoms with van der Waals surface area (Å²) < 4.78 is 24.0. The number of quaternary nitrogens is 1. The number of carbonyl (C=O) groups is 1. The van der Waals surface area contributed by atoms with Gasteiger partial charge in [0.1, 0.15) is 13.2 Å². The second-order valence-corrected chi connectivity index (χ2v) is 31.3. The molecule has 3 N–H and O–H groups in total. The fourth-order valence-electron chi connectivity index (χ4n) is 13.2. The lowest BCUT2D eigenvalue weighted by Crippen LogP contribution is -2.46. The number of amides is 1. The summed E-state index contributed by atoms with van der Waals surface area (Å²) in [7, 11) is 1.64. The molecule has 1 amide bonds. The van der Waals surface area contributed by atoms with Crippen LogP contribution in [-0.4, -0.2) is 73.4 Å². The van der Waals surface area contributed by atoms with Gasteiger partial charge in [0.25, 0.3) is 0 Å². The average Bonchev–Trinajstić information content (AvgIpc) is 3.72. The first-order chi connectivity index (χ1) is 44.0. The highest BCUT2D eigenvalue weighted by atomic mass is 31.2. The number of nitrogens with one attached hydrogen (secondary N) is 1. The molecule has 0 radical (unpaired) electrons. The molecule has 0 saturated carbocycles. The topological polar surface area (TPSA) is 105 Å². The van der Waals surface area contributed by atoms with Crippen LogP contribution in [0.3, 0.4) is 0 Å². The summed E-state index contributed by atoms with van der Waals surface area (Å²) in [4.78, 5) is 23.5. The Morgan fingerprint density at radius 3 is 0.856 bits per heavy atom. The summed E-state index contributed by atoms with van der Waals surface area (Å²) >= 11 is 0. The number of phosphoric acid groups is 1. The van der Waals surface area contributed by atoms with E-state index in [1.165, 1.54) is 385 Å². The highest BCUT2D eigenvalue weighted by Crippen LogP contribution is 2.43. The van der Waals surface area contributed by atoms with E-state index in [9.17, 15) is 19.4 Å². The van der Waals surface area contributed by atoms with Crippen molar-refractivity contribution < 1.29 is 32.9 Å². The van der Waals surface area contributed by atoms with Crippen molar-refractivity contribution in [1.82, 2.24) is 5.32 Å². The maximum atomic E-state index is 13.1. The van der Waals surface area contributed by atoms with E-state index in [0.29, 0.717) is 23.9 Å². The van der Waals surface area contributed by atoms with Crippen molar-refractivity contribution in [2.75, 3.05) is 40.9 Å². The fourth-order valence-corrected chi connectivity index (χ4v) is 13.9. The third kappa shape index (κ3) is 74.6. The largest absolute Gasteiger partial charge is 0.472 e. The molecule has 0 spiro atoms. The van der Waals surface area contributed by atoms with Gasteiger partial charge >= 0.3 is 7.82 Å². The molecule has 0 aliphatic carbocycles. The molecule has 90 heavy (non-hydrogen) atoms. The summed E-state index contributed by atoms with van der Waals surface area (Å²) in [5, 5.41) is 14.2. The molecule has 0 aliphatic rings. The van der Waals surface area contributed by atoms with E-state index < -0.39 is 20.0 Å². The number of unbranched alkanes of at least 4 members (excludes halogenated alkanes) is 63. The van der Waals surface area contributed by atoms with Crippen molar-refractivity contribution in [3.05, 3.63) is 12.2 Å². The van der Waals surface area contributed by atoms with Gasteiger partial charge in [0.15, 0.2) is 0 Å². The molecule has 0 rings (SSSR count). The minimum absolute atomic E-state index is 0.0790. The second kappa shape index (κ2) is 72.5. The first kappa shape index (κ1) is 89.2. The molecule has 3 atom stereocenters. The molecule has 9 heteroatoms. The van der Waals surface area contributed by atoms with Crippen molar-refractivity contribution in [1.29, 1.82) is 0 Å². The Kier molecular flexibility index (Phi) is 71.9. The van der Waals surface area contributed by atoms with E-state index in [1.54, 1.807) is 0 Å². The van der Waals surface area contributed by atoms with Crippen molar-refractivity contribution in [2.45, 2.75) is 463 Å². The van der Waals surface area contributed by atoms with Crippen molar-refractivity contribution in [3.63, 3.8) is 0 Å². The summed E-state index contributed by atoms with van der Waals surface area (Å²) in [6, 6.07) is -0.759. The second-order valence-electron chi connectivity index (χ2n) is 29.9. The van der Waals surface area contributed by atoms with E-state index in [1.807, 2.05) is 21.1 Å². The minimum atomic E-state index is -4.33. The number of aliphatic hydroxyl groups excluding tert-OH is 1. The van der Waals surface area contributed by atoms with Crippen molar-refractivity contribution in [3.8, 4) is 0 Å². The van der Waals surface area contributed by atoms with Crippen LogP contribution in [0.15, 0.2) is 12.2 Å². The number of hydrogen-bond donors (Lipinski definition) is 3. The van der Waals surface area contributed by atoms with Gasteiger partial charge in [-0.2, -0.15) is 0 Å². The Morgan fingerprint density at radius 2 is 0.600 bits per heavy atom. The summed E-state index contributed by atoms with van der Waals surface area (Å²) in [6.45, 7) is 4.97. The minimum Gasteiger partial charge on any atom is -0.391 e. The number of carbonyl (C=O) groups excluding carboxylic acids is 1. The highest BCUT2D eigenvalue weighted by molar-refractivity contribution is 7.47. The van der Waals surface area contributed by atoms with Crippen LogP contribution in [0.4, 0.5) is 0 Å². The third-order valence-corrected chi connectivity index (χ3v) is 20.5. The standard InChI is InChI=1S/C81H163N2O6P/c1-6-8-10-12-14-16-18-20-22-24-26-28-30-32-34-36-37-38-39-40-41-42-43-44-45-47-49-51-53-55-57-59-61-63-65-67-69-71-73-75-81(85)82-79(78-89-90(86,87)88-77-76-83(3,4)5)80(84)74-72-70-68-66-64-62-60-58-56-54-52-50-48-46-35-33-31-29-27-25-23-21-19-17-15-13-11-9-7-2/h24,26,79-80,84H,6-23,25,27-78H2,1-5H3,(H-,82,85,86,87)/p+1/b26-24-. The number of likely N-dealkylation sites (N-methyl/N-ethyl adjacent to an activating group) is 1. The van der Waals surface area contributed by atoms with E-state index >= 15 is 0 Å². The summed E-state index contributed by atoms with van der Waals surface area (Å²) in [5.41, 5.74) is 0. The Hall–Kier alpha value is -0.760. The molecule has 0 bridgehead atoms. The van der Waals surface area contributed by atoms with E-state index in [0.717, 1.165) is 38.5 Å². The van der Waals surface area contributed by atoms with Crippen LogP contribution >= 0.6 is 7.82 Å².